The van der Waals surface area contributed by atoms with Crippen molar-refractivity contribution in [3.8, 4) is 0 Å². The van der Waals surface area contributed by atoms with Gasteiger partial charge in [-0.15, -0.1) is 0 Å². The third-order valence-corrected chi connectivity index (χ3v) is 5.79. The van der Waals surface area contributed by atoms with E-state index in [-0.39, 0.29) is 36.2 Å². The molecule has 28 heavy (non-hydrogen) atoms. The summed E-state index contributed by atoms with van der Waals surface area (Å²) in [6, 6.07) is 4.00. The first-order valence-electron chi connectivity index (χ1n) is 9.42. The van der Waals surface area contributed by atoms with Gasteiger partial charge in [-0.05, 0) is 37.3 Å². The van der Waals surface area contributed by atoms with E-state index in [1.54, 1.807) is 18.2 Å². The molecule has 1 aliphatic carbocycles. The molecule has 1 aliphatic heterocycles. The Kier molecular flexibility index (Phi) is 6.46. The minimum atomic E-state index is -0.920. The van der Waals surface area contributed by atoms with E-state index in [1.807, 2.05) is 26.0 Å². The van der Waals surface area contributed by atoms with E-state index in [0.29, 0.717) is 34.9 Å². The number of fused-ring (bicyclic) bond motifs is 1. The van der Waals surface area contributed by atoms with E-state index in [4.69, 9.17) is 27.9 Å². The summed E-state index contributed by atoms with van der Waals surface area (Å²) in [4.78, 5) is 39.7. The Hall–Kier alpha value is -1.85. The van der Waals surface area contributed by atoms with Crippen LogP contribution in [0.3, 0.4) is 0 Å². The number of ether oxygens (including phenoxy) is 1. The standard InChI is InChI=1S/C21H23Cl2NO4/c1-12(2)9-18(21(27)28-11-13-7-8-14(22)10-17(13)23)24-19(25)15-5-3-4-6-16(15)20(24)26/h3-4,7-8,10,12,15-16,18H,5-6,9,11H2,1-2H3/t15-,16-,18-/m1/s1. The zero-order valence-corrected chi connectivity index (χ0v) is 17.4. The van der Waals surface area contributed by atoms with Gasteiger partial charge in [0.15, 0.2) is 0 Å². The van der Waals surface area contributed by atoms with Crippen LogP contribution in [0.2, 0.25) is 10.0 Å². The van der Waals surface area contributed by atoms with Gasteiger partial charge in [-0.1, -0.05) is 55.3 Å². The van der Waals surface area contributed by atoms with Crippen LogP contribution in [0.1, 0.15) is 38.7 Å². The molecule has 0 saturated carbocycles. The fraction of sp³-hybridized carbons (Fsp3) is 0.476. The summed E-state index contributed by atoms with van der Waals surface area (Å²) in [5, 5.41) is 0.883. The third-order valence-electron chi connectivity index (χ3n) is 5.21. The number of benzene rings is 1. The van der Waals surface area contributed by atoms with Gasteiger partial charge >= 0.3 is 5.97 Å². The highest BCUT2D eigenvalue weighted by Crippen LogP contribution is 2.37. The number of halogens is 2. The molecule has 7 heteroatoms. The van der Waals surface area contributed by atoms with Crippen LogP contribution in [-0.2, 0) is 25.7 Å². The summed E-state index contributed by atoms with van der Waals surface area (Å²) < 4.78 is 5.45. The van der Waals surface area contributed by atoms with E-state index < -0.39 is 12.0 Å². The van der Waals surface area contributed by atoms with Crippen molar-refractivity contribution < 1.29 is 19.1 Å². The number of carbonyl (C=O) groups excluding carboxylic acids is 3. The van der Waals surface area contributed by atoms with Gasteiger partial charge in [-0.25, -0.2) is 4.79 Å². The monoisotopic (exact) mass is 423 g/mol. The van der Waals surface area contributed by atoms with Crippen LogP contribution in [-0.4, -0.2) is 28.7 Å². The van der Waals surface area contributed by atoms with Crippen molar-refractivity contribution in [2.24, 2.45) is 17.8 Å². The second-order valence-electron chi connectivity index (χ2n) is 7.69. The lowest BCUT2D eigenvalue weighted by molar-refractivity contribution is -0.160. The summed E-state index contributed by atoms with van der Waals surface area (Å²) in [5.74, 6) is -1.76. The Morgan fingerprint density at radius 2 is 1.75 bits per heavy atom. The second kappa shape index (κ2) is 8.66. The third kappa shape index (κ3) is 4.26. The van der Waals surface area contributed by atoms with Gasteiger partial charge in [0.1, 0.15) is 12.6 Å². The van der Waals surface area contributed by atoms with Crippen LogP contribution in [0, 0.1) is 17.8 Å². The largest absolute Gasteiger partial charge is 0.459 e. The number of allylic oxidation sites excluding steroid dienone is 2. The average molecular weight is 424 g/mol. The molecule has 1 aromatic rings. The molecule has 1 fully saturated rings. The smallest absolute Gasteiger partial charge is 0.329 e. The maximum atomic E-state index is 12.9. The molecule has 2 amide bonds. The highest BCUT2D eigenvalue weighted by Gasteiger charge is 2.51. The molecule has 0 N–H and O–H groups in total. The molecule has 1 saturated heterocycles. The summed E-state index contributed by atoms with van der Waals surface area (Å²) in [5.41, 5.74) is 0.611. The van der Waals surface area contributed by atoms with Gasteiger partial charge in [0.25, 0.3) is 0 Å². The van der Waals surface area contributed by atoms with E-state index in [2.05, 4.69) is 0 Å². The highest BCUT2D eigenvalue weighted by atomic mass is 35.5. The number of carbonyl (C=O) groups is 3. The zero-order valence-electron chi connectivity index (χ0n) is 15.9. The molecule has 0 unspecified atom stereocenters. The number of hydrogen-bond acceptors (Lipinski definition) is 4. The van der Waals surface area contributed by atoms with E-state index in [0.717, 1.165) is 4.90 Å². The molecule has 3 atom stereocenters. The fourth-order valence-electron chi connectivity index (χ4n) is 3.77. The Morgan fingerprint density at radius 1 is 1.14 bits per heavy atom. The van der Waals surface area contributed by atoms with Gasteiger partial charge in [-0.3, -0.25) is 14.5 Å². The first-order valence-corrected chi connectivity index (χ1v) is 10.2. The zero-order chi connectivity index (χ0) is 20.4. The summed E-state index contributed by atoms with van der Waals surface area (Å²) in [6.45, 7) is 3.83. The Bertz CT molecular complexity index is 795. The maximum Gasteiger partial charge on any atom is 0.329 e. The predicted molar refractivity (Wildman–Crippen MR) is 107 cm³/mol. The van der Waals surface area contributed by atoms with Gasteiger partial charge in [0, 0.05) is 15.6 Å². The number of likely N-dealkylation sites (tertiary alicyclic amines) is 1. The molecule has 1 aromatic carbocycles. The first kappa shape index (κ1) is 20.9. The number of nitrogens with zero attached hydrogens (tertiary/aromatic N) is 1. The molecule has 5 nitrogen and oxygen atoms in total. The van der Waals surface area contributed by atoms with Gasteiger partial charge in [0.2, 0.25) is 11.8 Å². The van der Waals surface area contributed by atoms with Crippen LogP contribution in [0.15, 0.2) is 30.4 Å². The number of imide groups is 1. The van der Waals surface area contributed by atoms with Crippen LogP contribution in [0.4, 0.5) is 0 Å². The molecule has 150 valence electrons. The topological polar surface area (TPSA) is 63.7 Å². The minimum Gasteiger partial charge on any atom is -0.459 e. The summed E-state index contributed by atoms with van der Waals surface area (Å²) in [6.07, 6.45) is 5.28. The van der Waals surface area contributed by atoms with Crippen LogP contribution in [0.5, 0.6) is 0 Å². The molecule has 2 aliphatic rings. The van der Waals surface area contributed by atoms with Crippen molar-refractivity contribution >= 4 is 41.0 Å². The average Bonchev–Trinajstić information content (AvgIpc) is 2.90. The highest BCUT2D eigenvalue weighted by molar-refractivity contribution is 6.35. The molecule has 0 radical (unpaired) electrons. The minimum absolute atomic E-state index is 0.0476. The van der Waals surface area contributed by atoms with E-state index in [1.165, 1.54) is 0 Å². The van der Waals surface area contributed by atoms with Gasteiger partial charge < -0.3 is 4.74 Å². The fourth-order valence-corrected chi connectivity index (χ4v) is 4.23. The Balaban J connectivity index is 1.77. The van der Waals surface area contributed by atoms with Crippen molar-refractivity contribution in [3.63, 3.8) is 0 Å². The van der Waals surface area contributed by atoms with E-state index >= 15 is 0 Å². The van der Waals surface area contributed by atoms with Crippen LogP contribution < -0.4 is 0 Å². The lowest BCUT2D eigenvalue weighted by Gasteiger charge is -2.26. The van der Waals surface area contributed by atoms with Crippen molar-refractivity contribution in [2.45, 2.75) is 45.8 Å². The second-order valence-corrected chi connectivity index (χ2v) is 8.53. The molecular weight excluding hydrogens is 401 g/mol. The quantitative estimate of drug-likeness (QED) is 0.386. The molecule has 0 bridgehead atoms. The number of esters is 1. The normalized spacial score (nSPS) is 22.5. The summed E-state index contributed by atoms with van der Waals surface area (Å²) >= 11 is 12.0. The van der Waals surface area contributed by atoms with Crippen molar-refractivity contribution in [2.75, 3.05) is 0 Å². The number of hydrogen-bond donors (Lipinski definition) is 0. The summed E-state index contributed by atoms with van der Waals surface area (Å²) in [7, 11) is 0. The van der Waals surface area contributed by atoms with Crippen LogP contribution >= 0.6 is 23.2 Å². The Morgan fingerprint density at radius 3 is 2.29 bits per heavy atom. The molecule has 0 aromatic heterocycles. The van der Waals surface area contributed by atoms with E-state index in [9.17, 15) is 14.4 Å². The first-order chi connectivity index (χ1) is 13.3. The number of amides is 2. The number of rotatable bonds is 6. The molecule has 0 spiro atoms. The lowest BCUT2D eigenvalue weighted by Crippen LogP contribution is -2.47. The van der Waals surface area contributed by atoms with Crippen molar-refractivity contribution in [1.82, 2.24) is 4.90 Å². The maximum absolute atomic E-state index is 12.9. The Labute approximate surface area is 174 Å². The molecule has 3 rings (SSSR count). The van der Waals surface area contributed by atoms with Gasteiger partial charge in [0.05, 0.1) is 11.8 Å². The van der Waals surface area contributed by atoms with Gasteiger partial charge in [-0.2, -0.15) is 0 Å². The molecular formula is C21H23Cl2NO4. The van der Waals surface area contributed by atoms with Crippen molar-refractivity contribution in [1.29, 1.82) is 0 Å². The SMILES string of the molecule is CC(C)C[C@H](C(=O)OCc1ccc(Cl)cc1Cl)N1C(=O)[C@@H]2CC=CC[C@H]2C1=O. The van der Waals surface area contributed by atoms with Crippen LogP contribution in [0.25, 0.3) is 0 Å². The van der Waals surface area contributed by atoms with Crippen molar-refractivity contribution in [3.05, 3.63) is 46.0 Å². The lowest BCUT2D eigenvalue weighted by atomic mass is 9.85. The predicted octanol–water partition coefficient (Wildman–Crippen LogP) is 4.40. The molecule has 1 heterocycles.